The number of piperidine rings is 1. The van der Waals surface area contributed by atoms with E-state index < -0.39 is 0 Å². The molecule has 0 aromatic carbocycles. The molecule has 1 atom stereocenters. The number of hydrogen-bond donors (Lipinski definition) is 1. The third-order valence-electron chi connectivity index (χ3n) is 2.52. The molecule has 1 N–H and O–H groups in total. The lowest BCUT2D eigenvalue weighted by molar-refractivity contribution is -0.0401. The second-order valence-corrected chi connectivity index (χ2v) is 5.25. The average Bonchev–Trinajstić information content (AvgIpc) is 2.17. The second-order valence-electron chi connectivity index (χ2n) is 5.25. The van der Waals surface area contributed by atoms with Gasteiger partial charge in [-0.05, 0) is 46.1 Å². The smallest absolute Gasteiger partial charge is 0.0707 e. The predicted octanol–water partition coefficient (Wildman–Crippen LogP) is 1.82. The van der Waals surface area contributed by atoms with E-state index in [2.05, 4.69) is 26.1 Å². The van der Waals surface area contributed by atoms with Crippen molar-refractivity contribution in [2.75, 3.05) is 32.9 Å². The molecule has 1 heterocycles. The molecule has 1 unspecified atom stereocenters. The minimum atomic E-state index is -0.0459. The van der Waals surface area contributed by atoms with Gasteiger partial charge in [0.2, 0.25) is 0 Å². The summed E-state index contributed by atoms with van der Waals surface area (Å²) in [6.07, 6.45) is 2.58. The van der Waals surface area contributed by atoms with Crippen molar-refractivity contribution in [3.05, 3.63) is 0 Å². The molecule has 1 aliphatic rings. The highest BCUT2D eigenvalue weighted by Gasteiger charge is 2.13. The van der Waals surface area contributed by atoms with Gasteiger partial charge in [-0.3, -0.25) is 0 Å². The van der Waals surface area contributed by atoms with E-state index in [0.717, 1.165) is 13.2 Å². The SMILES string of the molecule is CC(C)(C)OCCOCC1CCCNC1. The van der Waals surface area contributed by atoms with Gasteiger partial charge in [-0.25, -0.2) is 0 Å². The molecular weight excluding hydrogens is 190 g/mol. The largest absolute Gasteiger partial charge is 0.379 e. The average molecular weight is 215 g/mol. The lowest BCUT2D eigenvalue weighted by atomic mass is 10.0. The van der Waals surface area contributed by atoms with E-state index in [1.165, 1.54) is 19.4 Å². The Morgan fingerprint density at radius 3 is 2.67 bits per heavy atom. The van der Waals surface area contributed by atoms with Gasteiger partial charge < -0.3 is 14.8 Å². The van der Waals surface area contributed by atoms with Crippen molar-refractivity contribution in [2.45, 2.75) is 39.2 Å². The fourth-order valence-electron chi connectivity index (χ4n) is 1.72. The maximum absolute atomic E-state index is 5.60. The van der Waals surface area contributed by atoms with Crippen molar-refractivity contribution in [3.63, 3.8) is 0 Å². The van der Waals surface area contributed by atoms with E-state index in [1.54, 1.807) is 0 Å². The summed E-state index contributed by atoms with van der Waals surface area (Å²) >= 11 is 0. The van der Waals surface area contributed by atoms with E-state index in [9.17, 15) is 0 Å². The van der Waals surface area contributed by atoms with E-state index in [-0.39, 0.29) is 5.60 Å². The Hall–Kier alpha value is -0.120. The van der Waals surface area contributed by atoms with Crippen LogP contribution in [-0.4, -0.2) is 38.5 Å². The molecule has 0 amide bonds. The first-order chi connectivity index (χ1) is 7.08. The van der Waals surface area contributed by atoms with Crippen LogP contribution in [0.2, 0.25) is 0 Å². The monoisotopic (exact) mass is 215 g/mol. The summed E-state index contributed by atoms with van der Waals surface area (Å²) < 4.78 is 11.2. The molecule has 0 aliphatic carbocycles. The maximum atomic E-state index is 5.60. The van der Waals surface area contributed by atoms with Crippen LogP contribution in [0, 0.1) is 5.92 Å². The topological polar surface area (TPSA) is 30.5 Å². The standard InChI is InChI=1S/C12H25NO2/c1-12(2,3)15-8-7-14-10-11-5-4-6-13-9-11/h11,13H,4-10H2,1-3H3. The van der Waals surface area contributed by atoms with E-state index in [0.29, 0.717) is 19.1 Å². The van der Waals surface area contributed by atoms with Crippen LogP contribution >= 0.6 is 0 Å². The van der Waals surface area contributed by atoms with Gasteiger partial charge in [0.1, 0.15) is 0 Å². The van der Waals surface area contributed by atoms with Gasteiger partial charge in [-0.15, -0.1) is 0 Å². The molecule has 3 heteroatoms. The fourth-order valence-corrected chi connectivity index (χ4v) is 1.72. The highest BCUT2D eigenvalue weighted by molar-refractivity contribution is 4.68. The van der Waals surface area contributed by atoms with Crippen molar-refractivity contribution < 1.29 is 9.47 Å². The van der Waals surface area contributed by atoms with E-state index in [4.69, 9.17) is 9.47 Å². The van der Waals surface area contributed by atoms with Crippen molar-refractivity contribution in [2.24, 2.45) is 5.92 Å². The summed E-state index contributed by atoms with van der Waals surface area (Å²) in [6, 6.07) is 0. The highest BCUT2D eigenvalue weighted by Crippen LogP contribution is 2.10. The lowest BCUT2D eigenvalue weighted by Crippen LogP contribution is -2.32. The lowest BCUT2D eigenvalue weighted by Gasteiger charge is -2.23. The molecule has 15 heavy (non-hydrogen) atoms. The zero-order valence-corrected chi connectivity index (χ0v) is 10.3. The minimum Gasteiger partial charge on any atom is -0.379 e. The van der Waals surface area contributed by atoms with Crippen molar-refractivity contribution in [1.29, 1.82) is 0 Å². The van der Waals surface area contributed by atoms with E-state index >= 15 is 0 Å². The number of rotatable bonds is 5. The zero-order valence-electron chi connectivity index (χ0n) is 10.3. The highest BCUT2D eigenvalue weighted by atomic mass is 16.5. The molecule has 1 rings (SSSR count). The number of nitrogens with one attached hydrogen (secondary N) is 1. The Labute approximate surface area is 93.5 Å². The fraction of sp³-hybridized carbons (Fsp3) is 1.00. The summed E-state index contributed by atoms with van der Waals surface area (Å²) in [5, 5.41) is 3.39. The summed E-state index contributed by atoms with van der Waals surface area (Å²) in [7, 11) is 0. The van der Waals surface area contributed by atoms with Gasteiger partial charge in [-0.1, -0.05) is 0 Å². The zero-order chi connectivity index (χ0) is 11.1. The third kappa shape index (κ3) is 6.88. The first-order valence-corrected chi connectivity index (χ1v) is 6.00. The molecule has 1 aliphatic heterocycles. The van der Waals surface area contributed by atoms with Crippen LogP contribution in [-0.2, 0) is 9.47 Å². The Kier molecular flexibility index (Phi) is 5.58. The number of ether oxygens (including phenoxy) is 2. The van der Waals surface area contributed by atoms with Crippen LogP contribution in [0.3, 0.4) is 0 Å². The molecule has 1 saturated heterocycles. The van der Waals surface area contributed by atoms with Crippen LogP contribution in [0.25, 0.3) is 0 Å². The van der Waals surface area contributed by atoms with Crippen LogP contribution in [0.5, 0.6) is 0 Å². The third-order valence-corrected chi connectivity index (χ3v) is 2.52. The molecule has 90 valence electrons. The second kappa shape index (κ2) is 6.46. The van der Waals surface area contributed by atoms with Crippen LogP contribution in [0.1, 0.15) is 33.6 Å². The Morgan fingerprint density at radius 1 is 1.27 bits per heavy atom. The summed E-state index contributed by atoms with van der Waals surface area (Å²) in [5.41, 5.74) is -0.0459. The van der Waals surface area contributed by atoms with Crippen molar-refractivity contribution in [3.8, 4) is 0 Å². The van der Waals surface area contributed by atoms with Crippen LogP contribution in [0.15, 0.2) is 0 Å². The summed E-state index contributed by atoms with van der Waals surface area (Å²) in [6.45, 7) is 10.8. The molecular formula is C12H25NO2. The van der Waals surface area contributed by atoms with Gasteiger partial charge in [0.15, 0.2) is 0 Å². The first kappa shape index (κ1) is 12.9. The molecule has 0 aromatic rings. The molecule has 0 radical (unpaired) electrons. The van der Waals surface area contributed by atoms with E-state index in [1.807, 2.05) is 0 Å². The van der Waals surface area contributed by atoms with Gasteiger partial charge in [0.25, 0.3) is 0 Å². The van der Waals surface area contributed by atoms with Crippen LogP contribution in [0.4, 0.5) is 0 Å². The molecule has 0 spiro atoms. The van der Waals surface area contributed by atoms with Gasteiger partial charge in [0, 0.05) is 6.54 Å². The summed E-state index contributed by atoms with van der Waals surface area (Å²) in [5.74, 6) is 0.702. The molecule has 0 aromatic heterocycles. The van der Waals surface area contributed by atoms with Crippen molar-refractivity contribution in [1.82, 2.24) is 5.32 Å². The number of hydrogen-bond acceptors (Lipinski definition) is 3. The van der Waals surface area contributed by atoms with Crippen LogP contribution < -0.4 is 5.32 Å². The molecule has 0 bridgehead atoms. The minimum absolute atomic E-state index is 0.0459. The maximum Gasteiger partial charge on any atom is 0.0707 e. The predicted molar refractivity (Wildman–Crippen MR) is 62.1 cm³/mol. The Balaban J connectivity index is 1.92. The normalized spacial score (nSPS) is 23.0. The van der Waals surface area contributed by atoms with Gasteiger partial charge in [-0.2, -0.15) is 0 Å². The molecule has 1 fully saturated rings. The summed E-state index contributed by atoms with van der Waals surface area (Å²) in [4.78, 5) is 0. The van der Waals surface area contributed by atoms with Crippen molar-refractivity contribution >= 4 is 0 Å². The van der Waals surface area contributed by atoms with Gasteiger partial charge in [0.05, 0.1) is 25.4 Å². The first-order valence-electron chi connectivity index (χ1n) is 6.00. The Morgan fingerprint density at radius 2 is 2.07 bits per heavy atom. The quantitative estimate of drug-likeness (QED) is 0.710. The van der Waals surface area contributed by atoms with Gasteiger partial charge >= 0.3 is 0 Å². The Bertz CT molecular complexity index is 159. The molecule has 0 saturated carbocycles. The molecule has 3 nitrogen and oxygen atoms in total.